The van der Waals surface area contributed by atoms with Gasteiger partial charge in [0.05, 0.1) is 18.6 Å². The van der Waals surface area contributed by atoms with Crippen molar-refractivity contribution in [1.82, 2.24) is 5.32 Å². The third kappa shape index (κ3) is 1.77. The molecule has 1 aliphatic heterocycles. The van der Waals surface area contributed by atoms with Crippen LogP contribution in [0.25, 0.3) is 0 Å². The normalized spacial score (nSPS) is 49.5. The maximum atomic E-state index is 12.8. The van der Waals surface area contributed by atoms with Gasteiger partial charge in [0.15, 0.2) is 0 Å². The topological polar surface area (TPSA) is 64.3 Å². The van der Waals surface area contributed by atoms with Gasteiger partial charge in [0.2, 0.25) is 5.91 Å². The third-order valence-corrected chi connectivity index (χ3v) is 6.58. The van der Waals surface area contributed by atoms with Crippen molar-refractivity contribution in [3.8, 4) is 0 Å². The molecule has 0 radical (unpaired) electrons. The highest BCUT2D eigenvalue weighted by Crippen LogP contribution is 2.62. The number of nitrogens with two attached hydrogens (primary N) is 1. The van der Waals surface area contributed by atoms with Crippen molar-refractivity contribution < 1.29 is 9.53 Å². The van der Waals surface area contributed by atoms with Crippen LogP contribution in [0.2, 0.25) is 0 Å². The maximum absolute atomic E-state index is 12.8. The molecule has 4 nitrogen and oxygen atoms in total. The molecule has 3 fully saturated rings. The average molecular weight is 280 g/mol. The van der Waals surface area contributed by atoms with Gasteiger partial charge in [-0.15, -0.1) is 0 Å². The van der Waals surface area contributed by atoms with E-state index in [-0.39, 0.29) is 28.8 Å². The summed E-state index contributed by atoms with van der Waals surface area (Å²) >= 11 is 0. The van der Waals surface area contributed by atoms with Gasteiger partial charge in [-0.05, 0) is 42.9 Å². The molecular weight excluding hydrogens is 252 g/mol. The molecule has 4 heteroatoms. The summed E-state index contributed by atoms with van der Waals surface area (Å²) in [4.78, 5) is 12.8. The second kappa shape index (κ2) is 4.20. The molecule has 1 saturated heterocycles. The Labute approximate surface area is 121 Å². The van der Waals surface area contributed by atoms with Crippen molar-refractivity contribution >= 4 is 5.91 Å². The van der Waals surface area contributed by atoms with E-state index in [0.29, 0.717) is 13.2 Å². The molecule has 0 spiro atoms. The molecule has 5 unspecified atom stereocenters. The van der Waals surface area contributed by atoms with Crippen LogP contribution in [0.15, 0.2) is 0 Å². The van der Waals surface area contributed by atoms with E-state index >= 15 is 0 Å². The molecule has 0 aromatic heterocycles. The lowest BCUT2D eigenvalue weighted by atomic mass is 9.68. The standard InChI is InChI=1S/C16H28N2O2/c1-14(2)10-5-6-15(3,7-10)12(14)18-13(19)16(4)9-20-8-11(16)17/h10-12H,5-9,17H2,1-4H3,(H,18,19). The monoisotopic (exact) mass is 280 g/mol. The number of fused-ring (bicyclic) bond motifs is 2. The van der Waals surface area contributed by atoms with Gasteiger partial charge in [-0.1, -0.05) is 20.8 Å². The molecule has 1 heterocycles. The van der Waals surface area contributed by atoms with Gasteiger partial charge < -0.3 is 15.8 Å². The molecule has 5 atom stereocenters. The molecule has 0 aromatic rings. The number of amides is 1. The fourth-order valence-corrected chi connectivity index (χ4v) is 4.88. The fraction of sp³-hybridized carbons (Fsp3) is 0.938. The summed E-state index contributed by atoms with van der Waals surface area (Å²) in [5.41, 5.74) is 5.94. The Balaban J connectivity index is 1.79. The molecule has 114 valence electrons. The van der Waals surface area contributed by atoms with Crippen LogP contribution in [0.3, 0.4) is 0 Å². The lowest BCUT2D eigenvalue weighted by Gasteiger charge is -2.44. The largest absolute Gasteiger partial charge is 0.379 e. The zero-order valence-corrected chi connectivity index (χ0v) is 13.2. The van der Waals surface area contributed by atoms with E-state index in [1.807, 2.05) is 6.92 Å². The molecule has 2 bridgehead atoms. The highest BCUT2D eigenvalue weighted by molar-refractivity contribution is 5.84. The van der Waals surface area contributed by atoms with Crippen molar-refractivity contribution in [2.24, 2.45) is 27.9 Å². The Hall–Kier alpha value is -0.610. The zero-order chi connectivity index (χ0) is 14.8. The number of rotatable bonds is 2. The van der Waals surface area contributed by atoms with Crippen LogP contribution < -0.4 is 11.1 Å². The second-order valence-electron chi connectivity index (χ2n) is 8.36. The van der Waals surface area contributed by atoms with E-state index in [2.05, 4.69) is 26.1 Å². The minimum absolute atomic E-state index is 0.0781. The van der Waals surface area contributed by atoms with Gasteiger partial charge in [-0.2, -0.15) is 0 Å². The first-order valence-corrected chi connectivity index (χ1v) is 7.84. The Morgan fingerprint density at radius 1 is 1.30 bits per heavy atom. The predicted molar refractivity (Wildman–Crippen MR) is 78.1 cm³/mol. The quantitative estimate of drug-likeness (QED) is 0.809. The zero-order valence-electron chi connectivity index (χ0n) is 13.2. The minimum Gasteiger partial charge on any atom is -0.379 e. The number of nitrogens with one attached hydrogen (secondary N) is 1. The van der Waals surface area contributed by atoms with Crippen LogP contribution in [-0.4, -0.2) is 31.2 Å². The minimum atomic E-state index is -0.575. The highest BCUT2D eigenvalue weighted by atomic mass is 16.5. The van der Waals surface area contributed by atoms with E-state index in [1.165, 1.54) is 19.3 Å². The maximum Gasteiger partial charge on any atom is 0.230 e. The lowest BCUT2D eigenvalue weighted by Crippen LogP contribution is -2.58. The predicted octanol–water partition coefficient (Wildman–Crippen LogP) is 1.68. The van der Waals surface area contributed by atoms with Gasteiger partial charge in [0, 0.05) is 12.1 Å². The fourth-order valence-electron chi connectivity index (χ4n) is 4.88. The SMILES string of the molecule is CC12CCC(C1)C(C)(C)C2NC(=O)C1(C)COCC1N. The molecule has 2 saturated carbocycles. The van der Waals surface area contributed by atoms with E-state index in [0.717, 1.165) is 5.92 Å². The number of carbonyl (C=O) groups is 1. The van der Waals surface area contributed by atoms with Crippen molar-refractivity contribution in [1.29, 1.82) is 0 Å². The Bertz CT molecular complexity index is 431. The first kappa shape index (κ1) is 14.3. The highest BCUT2D eigenvalue weighted by Gasteiger charge is 2.60. The molecule has 1 amide bonds. The molecule has 0 aromatic carbocycles. The summed E-state index contributed by atoms with van der Waals surface area (Å²) in [7, 11) is 0. The average Bonchev–Trinajstić information content (AvgIpc) is 2.96. The summed E-state index contributed by atoms with van der Waals surface area (Å²) in [6.45, 7) is 9.80. The van der Waals surface area contributed by atoms with Gasteiger partial charge in [-0.25, -0.2) is 0 Å². The molecule has 2 aliphatic carbocycles. The summed E-state index contributed by atoms with van der Waals surface area (Å²) in [5, 5.41) is 3.36. The van der Waals surface area contributed by atoms with Crippen LogP contribution in [0, 0.1) is 22.2 Å². The Kier molecular flexibility index (Phi) is 3.01. The van der Waals surface area contributed by atoms with Crippen molar-refractivity contribution in [3.05, 3.63) is 0 Å². The lowest BCUT2D eigenvalue weighted by molar-refractivity contribution is -0.133. The summed E-state index contributed by atoms with van der Waals surface area (Å²) in [5.74, 6) is 0.813. The number of hydrogen-bond acceptors (Lipinski definition) is 3. The van der Waals surface area contributed by atoms with Crippen molar-refractivity contribution in [3.63, 3.8) is 0 Å². The van der Waals surface area contributed by atoms with E-state index in [1.54, 1.807) is 0 Å². The molecule has 20 heavy (non-hydrogen) atoms. The molecule has 3 aliphatic rings. The summed E-state index contributed by atoms with van der Waals surface area (Å²) in [6.07, 6.45) is 3.77. The van der Waals surface area contributed by atoms with Crippen LogP contribution in [0.1, 0.15) is 47.0 Å². The number of ether oxygens (including phenoxy) is 1. The summed E-state index contributed by atoms with van der Waals surface area (Å²) < 4.78 is 5.41. The van der Waals surface area contributed by atoms with Gasteiger partial charge in [0.25, 0.3) is 0 Å². The van der Waals surface area contributed by atoms with Crippen LogP contribution >= 0.6 is 0 Å². The van der Waals surface area contributed by atoms with Crippen molar-refractivity contribution in [2.45, 2.75) is 59.0 Å². The molecule has 3 rings (SSSR count). The second-order valence-corrected chi connectivity index (χ2v) is 8.36. The van der Waals surface area contributed by atoms with Gasteiger partial charge in [-0.3, -0.25) is 4.79 Å². The number of hydrogen-bond donors (Lipinski definition) is 2. The first-order valence-electron chi connectivity index (χ1n) is 7.84. The Morgan fingerprint density at radius 2 is 2.00 bits per heavy atom. The van der Waals surface area contributed by atoms with Crippen LogP contribution in [-0.2, 0) is 9.53 Å². The van der Waals surface area contributed by atoms with Crippen LogP contribution in [0.5, 0.6) is 0 Å². The third-order valence-electron chi connectivity index (χ3n) is 6.58. The molecule has 3 N–H and O–H groups in total. The van der Waals surface area contributed by atoms with Gasteiger partial charge >= 0.3 is 0 Å². The smallest absolute Gasteiger partial charge is 0.230 e. The Morgan fingerprint density at radius 3 is 2.50 bits per heavy atom. The first-order chi connectivity index (χ1) is 9.20. The van der Waals surface area contributed by atoms with Crippen molar-refractivity contribution in [2.75, 3.05) is 13.2 Å². The number of carbonyl (C=O) groups excluding carboxylic acids is 1. The van der Waals surface area contributed by atoms with E-state index in [4.69, 9.17) is 10.5 Å². The van der Waals surface area contributed by atoms with E-state index in [9.17, 15) is 4.79 Å². The summed E-state index contributed by atoms with van der Waals surface area (Å²) in [6, 6.07) is 0.0582. The van der Waals surface area contributed by atoms with Gasteiger partial charge in [0.1, 0.15) is 0 Å². The van der Waals surface area contributed by atoms with E-state index < -0.39 is 5.41 Å². The van der Waals surface area contributed by atoms with Crippen LogP contribution in [0.4, 0.5) is 0 Å². The molecular formula is C16H28N2O2.